The number of ether oxygens (including phenoxy) is 1. The number of imidazole rings is 1. The van der Waals surface area contributed by atoms with E-state index in [2.05, 4.69) is 112 Å². The number of nitrogens with one attached hydrogen (secondary N) is 1. The van der Waals surface area contributed by atoms with Gasteiger partial charge in [-0.3, -0.25) is 0 Å². The Morgan fingerprint density at radius 3 is 2.20 bits per heavy atom. The zero-order valence-corrected chi connectivity index (χ0v) is 29.3. The van der Waals surface area contributed by atoms with Gasteiger partial charge in [-0.2, -0.15) is 0 Å². The Balaban J connectivity index is 1.55. The summed E-state index contributed by atoms with van der Waals surface area (Å²) in [6, 6.07) is 20.7. The van der Waals surface area contributed by atoms with Gasteiger partial charge in [-0.25, -0.2) is 9.78 Å². The third-order valence-corrected chi connectivity index (χ3v) is 14.4. The van der Waals surface area contributed by atoms with Gasteiger partial charge in [0, 0.05) is 48.8 Å². The second-order valence-corrected chi connectivity index (χ2v) is 20.5. The minimum atomic E-state index is -2.09. The first-order valence-corrected chi connectivity index (χ1v) is 19.0. The molecule has 7 nitrogen and oxygen atoms in total. The summed E-state index contributed by atoms with van der Waals surface area (Å²) in [7, 11) is -2.09. The smallest absolute Gasteiger partial charge is 0.410 e. The topological polar surface area (TPSA) is 68.6 Å². The molecule has 4 atom stereocenters. The van der Waals surface area contributed by atoms with Crippen molar-refractivity contribution in [3.63, 3.8) is 0 Å². The van der Waals surface area contributed by atoms with E-state index in [9.17, 15) is 4.79 Å². The number of rotatable bonds is 6. The highest BCUT2D eigenvalue weighted by atomic mass is 28.4. The number of likely N-dealkylation sites (tertiary alicyclic amines) is 1. The van der Waals surface area contributed by atoms with Crippen molar-refractivity contribution in [1.82, 2.24) is 19.8 Å². The van der Waals surface area contributed by atoms with Crippen molar-refractivity contribution in [2.45, 2.75) is 104 Å². The van der Waals surface area contributed by atoms with Crippen LogP contribution >= 0.6 is 0 Å². The standard InChI is InChI=1S/C36H52N4O3Si/c1-34(2,3)42-33(41)40-24-29(43-44(9,10)35(4,5)6)27-21-37-30(36(7,8)31(27)40)32-38-28(26-19-15-12-16-20-26)23-39(32)22-25-17-13-11-14-18-25/h11-20,23,27,29-31,37H,21-22,24H2,1-10H3/t27-,29+,30+,31?/m1/s1. The van der Waals surface area contributed by atoms with E-state index in [-0.39, 0.29) is 40.7 Å². The fraction of sp³-hybridized carbons (Fsp3) is 0.556. The number of piperidine rings is 1. The van der Waals surface area contributed by atoms with E-state index in [4.69, 9.17) is 14.1 Å². The molecule has 238 valence electrons. The molecule has 1 amide bonds. The van der Waals surface area contributed by atoms with Crippen LogP contribution in [0.1, 0.15) is 72.8 Å². The lowest BCUT2D eigenvalue weighted by Gasteiger charge is -2.50. The number of benzene rings is 2. The van der Waals surface area contributed by atoms with Gasteiger partial charge in [-0.15, -0.1) is 0 Å². The van der Waals surface area contributed by atoms with E-state index in [0.29, 0.717) is 13.1 Å². The van der Waals surface area contributed by atoms with E-state index in [0.717, 1.165) is 23.6 Å². The lowest BCUT2D eigenvalue weighted by atomic mass is 9.68. The molecule has 2 aliphatic heterocycles. The summed E-state index contributed by atoms with van der Waals surface area (Å²) in [6.07, 6.45) is 1.84. The van der Waals surface area contributed by atoms with Crippen LogP contribution in [0.2, 0.25) is 18.1 Å². The Labute approximate surface area is 265 Å². The third-order valence-electron chi connectivity index (χ3n) is 9.87. The third kappa shape index (κ3) is 6.53. The Morgan fingerprint density at radius 1 is 1.00 bits per heavy atom. The number of hydrogen-bond acceptors (Lipinski definition) is 5. The number of nitrogens with zero attached hydrogens (tertiary/aromatic N) is 3. The molecule has 0 bridgehead atoms. The van der Waals surface area contributed by atoms with E-state index in [1.165, 1.54) is 5.56 Å². The molecular weight excluding hydrogens is 565 g/mol. The van der Waals surface area contributed by atoms with E-state index in [1.807, 2.05) is 37.8 Å². The Kier molecular flexibility index (Phi) is 8.68. The Morgan fingerprint density at radius 2 is 1.61 bits per heavy atom. The van der Waals surface area contributed by atoms with Gasteiger partial charge in [0.2, 0.25) is 0 Å². The summed E-state index contributed by atoms with van der Waals surface area (Å²) >= 11 is 0. The summed E-state index contributed by atoms with van der Waals surface area (Å²) in [5.74, 6) is 1.11. The summed E-state index contributed by atoms with van der Waals surface area (Å²) in [5, 5.41) is 3.99. The molecule has 3 aromatic rings. The molecule has 0 spiro atoms. The van der Waals surface area contributed by atoms with Crippen LogP contribution in [0.5, 0.6) is 0 Å². The minimum Gasteiger partial charge on any atom is -0.444 e. The number of aromatic nitrogens is 2. The predicted molar refractivity (Wildman–Crippen MR) is 180 cm³/mol. The first-order chi connectivity index (χ1) is 20.5. The maximum atomic E-state index is 13.9. The number of hydrogen-bond donors (Lipinski definition) is 1. The number of carbonyl (C=O) groups is 1. The molecular formula is C36H52N4O3Si. The first kappa shape index (κ1) is 32.5. The van der Waals surface area contributed by atoms with Crippen molar-refractivity contribution in [3.05, 3.63) is 78.2 Å². The fourth-order valence-corrected chi connectivity index (χ4v) is 8.05. The lowest BCUT2D eigenvalue weighted by molar-refractivity contribution is -0.0143. The molecule has 2 saturated heterocycles. The van der Waals surface area contributed by atoms with Crippen LogP contribution in [-0.4, -0.2) is 59.7 Å². The van der Waals surface area contributed by atoms with Crippen LogP contribution < -0.4 is 5.32 Å². The number of fused-ring (bicyclic) bond motifs is 1. The summed E-state index contributed by atoms with van der Waals surface area (Å²) in [5.41, 5.74) is 2.30. The first-order valence-electron chi connectivity index (χ1n) is 16.1. The van der Waals surface area contributed by atoms with Crippen LogP contribution in [-0.2, 0) is 15.7 Å². The van der Waals surface area contributed by atoms with Crippen molar-refractivity contribution in [1.29, 1.82) is 0 Å². The second-order valence-electron chi connectivity index (χ2n) is 15.8. The fourth-order valence-electron chi connectivity index (χ4n) is 6.69. The quantitative estimate of drug-likeness (QED) is 0.285. The maximum Gasteiger partial charge on any atom is 0.410 e. The van der Waals surface area contributed by atoms with Gasteiger partial charge < -0.3 is 23.9 Å². The number of amides is 1. The van der Waals surface area contributed by atoms with Crippen molar-refractivity contribution in [2.24, 2.45) is 11.3 Å². The molecule has 2 fully saturated rings. The van der Waals surface area contributed by atoms with E-state index < -0.39 is 13.9 Å². The van der Waals surface area contributed by atoms with Gasteiger partial charge in [-0.1, -0.05) is 95.3 Å². The largest absolute Gasteiger partial charge is 0.444 e. The Hall–Kier alpha value is -2.94. The molecule has 0 aliphatic carbocycles. The molecule has 0 radical (unpaired) electrons. The van der Waals surface area contributed by atoms with Gasteiger partial charge in [0.05, 0.1) is 17.8 Å². The highest BCUT2D eigenvalue weighted by molar-refractivity contribution is 6.74. The molecule has 2 aliphatic rings. The van der Waals surface area contributed by atoms with E-state index >= 15 is 0 Å². The molecule has 5 rings (SSSR count). The van der Waals surface area contributed by atoms with Crippen LogP contribution in [0.25, 0.3) is 11.3 Å². The maximum absolute atomic E-state index is 13.9. The zero-order chi connectivity index (χ0) is 32.1. The highest BCUT2D eigenvalue weighted by Gasteiger charge is 2.59. The van der Waals surface area contributed by atoms with Gasteiger partial charge in [-0.05, 0) is 44.5 Å². The molecule has 0 saturated carbocycles. The summed E-state index contributed by atoms with van der Waals surface area (Å²) in [4.78, 5) is 21.1. The molecule has 44 heavy (non-hydrogen) atoms. The molecule has 1 N–H and O–H groups in total. The molecule has 1 unspecified atom stereocenters. The van der Waals surface area contributed by atoms with Gasteiger partial charge in [0.25, 0.3) is 0 Å². The summed E-state index contributed by atoms with van der Waals surface area (Å²) in [6.45, 7) is 23.7. The lowest BCUT2D eigenvalue weighted by Crippen LogP contribution is -2.60. The molecule has 1 aromatic heterocycles. The normalized spacial score (nSPS) is 23.8. The van der Waals surface area contributed by atoms with Crippen LogP contribution in [0, 0.1) is 11.3 Å². The van der Waals surface area contributed by atoms with Crippen LogP contribution in [0.4, 0.5) is 4.79 Å². The van der Waals surface area contributed by atoms with Crippen molar-refractivity contribution < 1.29 is 14.0 Å². The van der Waals surface area contributed by atoms with E-state index in [1.54, 1.807) is 0 Å². The van der Waals surface area contributed by atoms with Crippen molar-refractivity contribution in [2.75, 3.05) is 13.1 Å². The minimum absolute atomic E-state index is 0.0647. The average Bonchev–Trinajstić information content (AvgIpc) is 3.50. The zero-order valence-electron chi connectivity index (χ0n) is 28.3. The van der Waals surface area contributed by atoms with Gasteiger partial charge in [0.1, 0.15) is 11.4 Å². The van der Waals surface area contributed by atoms with Crippen LogP contribution in [0.15, 0.2) is 66.9 Å². The average molecular weight is 617 g/mol. The van der Waals surface area contributed by atoms with Crippen molar-refractivity contribution in [3.8, 4) is 11.3 Å². The second kappa shape index (κ2) is 11.8. The predicted octanol–water partition coefficient (Wildman–Crippen LogP) is 7.89. The molecule has 8 heteroatoms. The molecule has 2 aromatic carbocycles. The van der Waals surface area contributed by atoms with Gasteiger partial charge in [0.15, 0.2) is 8.32 Å². The SMILES string of the molecule is CC(C)(C)OC(=O)N1C[C@H](O[Si](C)(C)C(C)(C)C)[C@H]2CN[C@@H](c3nc(-c4ccccc4)cn3Cc3ccccc3)C(C)(C)C21. The Bertz CT molecular complexity index is 1440. The number of carbonyl (C=O) groups excluding carboxylic acids is 1. The highest BCUT2D eigenvalue weighted by Crippen LogP contribution is 2.50. The van der Waals surface area contributed by atoms with Gasteiger partial charge >= 0.3 is 6.09 Å². The van der Waals surface area contributed by atoms with Crippen LogP contribution in [0.3, 0.4) is 0 Å². The van der Waals surface area contributed by atoms with Crippen molar-refractivity contribution >= 4 is 14.4 Å². The summed E-state index contributed by atoms with van der Waals surface area (Å²) < 4.78 is 15.4. The molecule has 3 heterocycles. The monoisotopic (exact) mass is 616 g/mol.